The summed E-state index contributed by atoms with van der Waals surface area (Å²) in [4.78, 5) is 32.7. The molecule has 13 heteroatoms. The van der Waals surface area contributed by atoms with E-state index in [1.807, 2.05) is 11.9 Å². The maximum absolute atomic E-state index is 11.0. The number of likely N-dealkylation sites (N-methyl/N-ethyl adjacent to an activating group) is 1. The maximum atomic E-state index is 11.0. The molecule has 0 radical (unpaired) electrons. The van der Waals surface area contributed by atoms with Crippen LogP contribution in [0.2, 0.25) is 0 Å². The van der Waals surface area contributed by atoms with E-state index in [1.54, 1.807) is 23.9 Å². The molecule has 3 rings (SSSR count). The third-order valence-electron chi connectivity index (χ3n) is 4.58. The zero-order valence-corrected chi connectivity index (χ0v) is 18.0. The molecule has 12 nitrogen and oxygen atoms in total. The maximum Gasteiger partial charge on any atom is 0.350 e. The lowest BCUT2D eigenvalue weighted by Crippen LogP contribution is -2.23. The van der Waals surface area contributed by atoms with Gasteiger partial charge in [-0.15, -0.1) is 0 Å². The highest BCUT2D eigenvalue weighted by molar-refractivity contribution is 7.51. The first-order valence-corrected chi connectivity index (χ1v) is 11.2. The fourth-order valence-corrected chi connectivity index (χ4v) is 3.48. The third kappa shape index (κ3) is 5.82. The van der Waals surface area contributed by atoms with Crippen LogP contribution in [0.4, 0.5) is 11.8 Å². The number of phenols is 2. The molecule has 0 amide bonds. The quantitative estimate of drug-likeness (QED) is 0.231. The standard InChI is InChI=1S/C18H25N6O6P/c1-11(30-10-31(27,28)29)8-24-9-20-15-16(21-18(19)22-17(15)24)23(2)6-5-12-3-4-13(25)14(26)7-12/h3-4,7,9,11,25-26H,5-6,8,10H2,1-2H3,(H2,19,21,22)(H2,27,28,29). The molecule has 31 heavy (non-hydrogen) atoms. The molecule has 0 aliphatic rings. The Labute approximate surface area is 178 Å². The zero-order chi connectivity index (χ0) is 22.8. The number of hydrogen-bond acceptors (Lipinski definition) is 9. The number of fused-ring (bicyclic) bond motifs is 1. The van der Waals surface area contributed by atoms with Crippen molar-refractivity contribution in [2.75, 3.05) is 30.6 Å². The van der Waals surface area contributed by atoms with Gasteiger partial charge in [-0.1, -0.05) is 6.07 Å². The van der Waals surface area contributed by atoms with E-state index in [9.17, 15) is 14.8 Å². The predicted octanol–water partition coefficient (Wildman–Crippen LogP) is 1.04. The summed E-state index contributed by atoms with van der Waals surface area (Å²) in [6.45, 7) is 2.49. The van der Waals surface area contributed by atoms with Crippen molar-refractivity contribution in [2.24, 2.45) is 0 Å². The number of benzene rings is 1. The highest BCUT2D eigenvalue weighted by Gasteiger charge is 2.19. The summed E-state index contributed by atoms with van der Waals surface area (Å²) in [5.41, 5.74) is 7.73. The summed E-state index contributed by atoms with van der Waals surface area (Å²) < 4.78 is 17.9. The first-order valence-electron chi connectivity index (χ1n) is 9.40. The summed E-state index contributed by atoms with van der Waals surface area (Å²) in [6, 6.07) is 4.66. The van der Waals surface area contributed by atoms with E-state index in [2.05, 4.69) is 15.0 Å². The van der Waals surface area contributed by atoms with Gasteiger partial charge < -0.3 is 39.9 Å². The molecule has 1 aromatic carbocycles. The number of phenolic OH excluding ortho intramolecular Hbond substituents is 2. The zero-order valence-electron chi connectivity index (χ0n) is 17.1. The molecule has 0 fully saturated rings. The van der Waals surface area contributed by atoms with E-state index in [0.717, 1.165) is 5.56 Å². The first-order chi connectivity index (χ1) is 14.5. The Morgan fingerprint density at radius 3 is 2.68 bits per heavy atom. The highest BCUT2D eigenvalue weighted by Crippen LogP contribution is 2.34. The fourth-order valence-electron chi connectivity index (χ4n) is 3.03. The third-order valence-corrected chi connectivity index (χ3v) is 5.07. The molecule has 0 aliphatic heterocycles. The smallest absolute Gasteiger partial charge is 0.350 e. The Balaban J connectivity index is 1.76. The van der Waals surface area contributed by atoms with Crippen molar-refractivity contribution >= 4 is 30.5 Å². The normalized spacial score (nSPS) is 12.9. The van der Waals surface area contributed by atoms with Crippen LogP contribution in [-0.4, -0.2) is 65.6 Å². The van der Waals surface area contributed by atoms with E-state index in [4.69, 9.17) is 20.3 Å². The monoisotopic (exact) mass is 452 g/mol. The Bertz CT molecular complexity index is 1120. The molecule has 0 bridgehead atoms. The minimum atomic E-state index is -4.25. The van der Waals surface area contributed by atoms with Gasteiger partial charge in [-0.2, -0.15) is 9.97 Å². The number of nitrogens with zero attached hydrogens (tertiary/aromatic N) is 5. The molecule has 0 saturated carbocycles. The van der Waals surface area contributed by atoms with Crippen LogP contribution in [0, 0.1) is 0 Å². The van der Waals surface area contributed by atoms with Crippen molar-refractivity contribution < 1.29 is 29.3 Å². The van der Waals surface area contributed by atoms with Crippen LogP contribution < -0.4 is 10.6 Å². The molecule has 168 valence electrons. The lowest BCUT2D eigenvalue weighted by Gasteiger charge is -2.19. The number of nitrogens with two attached hydrogens (primary N) is 1. The Morgan fingerprint density at radius 1 is 1.26 bits per heavy atom. The number of aromatic nitrogens is 4. The van der Waals surface area contributed by atoms with Crippen LogP contribution >= 0.6 is 7.60 Å². The molecular weight excluding hydrogens is 427 g/mol. The van der Waals surface area contributed by atoms with Gasteiger partial charge in [0.1, 0.15) is 6.35 Å². The SMILES string of the molecule is CC(Cn1cnc2c(N(C)CCc3ccc(O)c(O)c3)nc(N)nc21)OCP(=O)(O)O. The van der Waals surface area contributed by atoms with Crippen LogP contribution in [0.5, 0.6) is 11.5 Å². The number of imidazole rings is 1. The summed E-state index contributed by atoms with van der Waals surface area (Å²) in [5.74, 6) is 0.227. The van der Waals surface area contributed by atoms with Gasteiger partial charge in [-0.05, 0) is 31.0 Å². The second-order valence-electron chi connectivity index (χ2n) is 7.24. The number of rotatable bonds is 9. The average molecular weight is 452 g/mol. The van der Waals surface area contributed by atoms with Gasteiger partial charge in [0.15, 0.2) is 28.5 Å². The average Bonchev–Trinajstić information content (AvgIpc) is 3.08. The van der Waals surface area contributed by atoms with Gasteiger partial charge in [0.05, 0.1) is 19.0 Å². The molecule has 1 unspecified atom stereocenters. The summed E-state index contributed by atoms with van der Waals surface area (Å²) in [5, 5.41) is 19.1. The molecule has 2 aromatic heterocycles. The Morgan fingerprint density at radius 2 is 2.00 bits per heavy atom. The van der Waals surface area contributed by atoms with Crippen molar-refractivity contribution in [3.05, 3.63) is 30.1 Å². The summed E-state index contributed by atoms with van der Waals surface area (Å²) in [6.07, 6.45) is 0.957. The van der Waals surface area contributed by atoms with Crippen LogP contribution in [-0.2, 0) is 22.3 Å². The second kappa shape index (κ2) is 9.06. The number of hydrogen-bond donors (Lipinski definition) is 5. The largest absolute Gasteiger partial charge is 0.504 e. The minimum absolute atomic E-state index is 0.0576. The van der Waals surface area contributed by atoms with Gasteiger partial charge in [-0.3, -0.25) is 4.57 Å². The molecular formula is C18H25N6O6P. The summed E-state index contributed by atoms with van der Waals surface area (Å²) in [7, 11) is -2.43. The second-order valence-corrected chi connectivity index (χ2v) is 8.83. The van der Waals surface area contributed by atoms with Gasteiger partial charge in [0, 0.05) is 13.6 Å². The van der Waals surface area contributed by atoms with Gasteiger partial charge >= 0.3 is 7.60 Å². The van der Waals surface area contributed by atoms with Gasteiger partial charge in [0.25, 0.3) is 0 Å². The van der Waals surface area contributed by atoms with Gasteiger partial charge in [0.2, 0.25) is 5.95 Å². The first kappa shape index (κ1) is 22.8. The van der Waals surface area contributed by atoms with E-state index < -0.39 is 20.0 Å². The number of aromatic hydroxyl groups is 2. The highest BCUT2D eigenvalue weighted by atomic mass is 31.2. The van der Waals surface area contributed by atoms with Crippen LogP contribution in [0.1, 0.15) is 12.5 Å². The minimum Gasteiger partial charge on any atom is -0.504 e. The van der Waals surface area contributed by atoms with E-state index in [0.29, 0.717) is 29.9 Å². The van der Waals surface area contributed by atoms with Crippen molar-refractivity contribution in [2.45, 2.75) is 26.0 Å². The molecule has 0 saturated heterocycles. The fraction of sp³-hybridized carbons (Fsp3) is 0.389. The van der Waals surface area contributed by atoms with Crippen molar-refractivity contribution in [1.29, 1.82) is 0 Å². The molecule has 6 N–H and O–H groups in total. The molecule has 2 heterocycles. The van der Waals surface area contributed by atoms with E-state index >= 15 is 0 Å². The molecule has 0 aliphatic carbocycles. The summed E-state index contributed by atoms with van der Waals surface area (Å²) >= 11 is 0. The number of anilines is 2. The van der Waals surface area contributed by atoms with Crippen LogP contribution in [0.3, 0.4) is 0 Å². The van der Waals surface area contributed by atoms with Crippen molar-refractivity contribution in [1.82, 2.24) is 19.5 Å². The van der Waals surface area contributed by atoms with Crippen molar-refractivity contribution in [3.63, 3.8) is 0 Å². The van der Waals surface area contributed by atoms with E-state index in [1.165, 1.54) is 12.1 Å². The molecule has 3 aromatic rings. The van der Waals surface area contributed by atoms with Crippen LogP contribution in [0.15, 0.2) is 24.5 Å². The number of ether oxygens (including phenoxy) is 1. The lowest BCUT2D eigenvalue weighted by molar-refractivity contribution is 0.0764. The lowest BCUT2D eigenvalue weighted by atomic mass is 10.1. The number of nitrogen functional groups attached to an aromatic ring is 1. The van der Waals surface area contributed by atoms with E-state index in [-0.39, 0.29) is 24.0 Å². The topological polar surface area (TPSA) is 180 Å². The van der Waals surface area contributed by atoms with Gasteiger partial charge in [-0.25, -0.2) is 4.98 Å². The van der Waals surface area contributed by atoms with Crippen LogP contribution in [0.25, 0.3) is 11.2 Å². The predicted molar refractivity (Wildman–Crippen MR) is 114 cm³/mol. The molecule has 0 spiro atoms. The molecule has 1 atom stereocenters. The Hall–Kier alpha value is -2.92. The van der Waals surface area contributed by atoms with Crippen molar-refractivity contribution in [3.8, 4) is 11.5 Å². The Kier molecular flexibility index (Phi) is 6.65.